The van der Waals surface area contributed by atoms with Gasteiger partial charge in [0.25, 0.3) is 5.91 Å². The first-order chi connectivity index (χ1) is 13.4. The largest absolute Gasteiger partial charge is 0.372 e. The molecular formula is C21H22N4O2S. The Morgan fingerprint density at radius 2 is 2.14 bits per heavy atom. The van der Waals surface area contributed by atoms with Gasteiger partial charge in [0, 0.05) is 29.2 Å². The standard InChI is InChI=1S/C21H22N4O2S/c1-10(2)7-14-13(9-26)16(17-18(25-14)11(3)24-21(17)27)15-8-12-5-6-23-20(22-4)19(12)28-15/h5-6,8-11H,7H2,1-4H3,(H,22,23)(H,24,27). The van der Waals surface area contributed by atoms with Gasteiger partial charge in [0.2, 0.25) is 0 Å². The van der Waals surface area contributed by atoms with Gasteiger partial charge in [0.15, 0.2) is 6.29 Å². The van der Waals surface area contributed by atoms with Gasteiger partial charge in [-0.1, -0.05) is 13.8 Å². The molecule has 1 amide bonds. The number of nitrogens with one attached hydrogen (secondary N) is 2. The van der Waals surface area contributed by atoms with Crippen LogP contribution in [0.3, 0.4) is 0 Å². The highest BCUT2D eigenvalue weighted by molar-refractivity contribution is 7.22. The summed E-state index contributed by atoms with van der Waals surface area (Å²) >= 11 is 1.54. The van der Waals surface area contributed by atoms with Crippen molar-refractivity contribution in [2.45, 2.75) is 33.2 Å². The molecule has 1 aliphatic rings. The summed E-state index contributed by atoms with van der Waals surface area (Å²) < 4.78 is 0.999. The Balaban J connectivity index is 2.05. The second kappa shape index (κ2) is 6.98. The molecule has 1 aliphatic heterocycles. The summed E-state index contributed by atoms with van der Waals surface area (Å²) in [5.74, 6) is 0.959. The van der Waals surface area contributed by atoms with E-state index in [1.54, 1.807) is 6.20 Å². The van der Waals surface area contributed by atoms with Crippen molar-refractivity contribution in [3.8, 4) is 10.4 Å². The molecule has 0 aliphatic carbocycles. The maximum absolute atomic E-state index is 12.7. The molecule has 4 heterocycles. The van der Waals surface area contributed by atoms with Crippen LogP contribution in [0.15, 0.2) is 18.3 Å². The Bertz CT molecular complexity index is 1100. The number of carbonyl (C=O) groups is 2. The molecule has 0 spiro atoms. The fourth-order valence-corrected chi connectivity index (χ4v) is 4.96. The third kappa shape index (κ3) is 2.86. The highest BCUT2D eigenvalue weighted by Crippen LogP contribution is 2.42. The van der Waals surface area contributed by atoms with Gasteiger partial charge in [-0.15, -0.1) is 11.3 Å². The van der Waals surface area contributed by atoms with Crippen molar-refractivity contribution in [2.24, 2.45) is 5.92 Å². The Kier molecular flexibility index (Phi) is 4.63. The molecule has 1 unspecified atom stereocenters. The average molecular weight is 395 g/mol. The van der Waals surface area contributed by atoms with Gasteiger partial charge in [-0.2, -0.15) is 0 Å². The van der Waals surface area contributed by atoms with E-state index in [2.05, 4.69) is 29.5 Å². The Hall–Kier alpha value is -2.80. The normalized spacial score (nSPS) is 15.8. The monoisotopic (exact) mass is 394 g/mol. The van der Waals surface area contributed by atoms with Crippen LogP contribution in [0.2, 0.25) is 0 Å². The van der Waals surface area contributed by atoms with E-state index >= 15 is 0 Å². The number of aldehydes is 1. The third-order valence-electron chi connectivity index (χ3n) is 4.96. The fourth-order valence-electron chi connectivity index (χ4n) is 3.74. The maximum atomic E-state index is 12.7. The van der Waals surface area contributed by atoms with E-state index in [1.165, 1.54) is 11.3 Å². The number of anilines is 1. The lowest BCUT2D eigenvalue weighted by Gasteiger charge is -2.15. The second-order valence-electron chi connectivity index (χ2n) is 7.46. The number of fused-ring (bicyclic) bond motifs is 2. The first-order valence-corrected chi connectivity index (χ1v) is 10.2. The first-order valence-electron chi connectivity index (χ1n) is 9.34. The van der Waals surface area contributed by atoms with Crippen molar-refractivity contribution in [1.82, 2.24) is 15.3 Å². The molecule has 0 saturated heterocycles. The predicted octanol–water partition coefficient (Wildman–Crippen LogP) is 4.22. The number of aromatic nitrogens is 2. The minimum absolute atomic E-state index is 0.170. The maximum Gasteiger partial charge on any atom is 0.254 e. The number of pyridine rings is 2. The molecule has 0 fully saturated rings. The van der Waals surface area contributed by atoms with Crippen molar-refractivity contribution in [3.05, 3.63) is 40.8 Å². The quantitative estimate of drug-likeness (QED) is 0.633. The Morgan fingerprint density at radius 3 is 2.82 bits per heavy atom. The van der Waals surface area contributed by atoms with Crippen molar-refractivity contribution in [3.63, 3.8) is 0 Å². The highest BCUT2D eigenvalue weighted by atomic mass is 32.1. The molecule has 3 aromatic heterocycles. The smallest absolute Gasteiger partial charge is 0.254 e. The zero-order valence-corrected chi connectivity index (χ0v) is 17.1. The van der Waals surface area contributed by atoms with Crippen LogP contribution in [-0.4, -0.2) is 29.2 Å². The number of rotatable bonds is 5. The van der Waals surface area contributed by atoms with Gasteiger partial charge in [-0.25, -0.2) is 4.98 Å². The van der Waals surface area contributed by atoms with Crippen molar-refractivity contribution in [1.29, 1.82) is 0 Å². The SMILES string of the molecule is CNc1nccc2cc(-c3c(C=O)c(CC(C)C)nc4c3C(=O)NC4C)sc12. The van der Waals surface area contributed by atoms with Gasteiger partial charge in [-0.05, 0) is 36.8 Å². The summed E-state index contributed by atoms with van der Waals surface area (Å²) in [5, 5.41) is 7.08. The average Bonchev–Trinajstić information content (AvgIpc) is 3.21. The first kappa shape index (κ1) is 18.6. The fraction of sp³-hybridized carbons (Fsp3) is 0.333. The molecule has 1 atom stereocenters. The topological polar surface area (TPSA) is 84.0 Å². The zero-order valence-electron chi connectivity index (χ0n) is 16.3. The Labute approximate surface area is 167 Å². The van der Waals surface area contributed by atoms with E-state index in [0.29, 0.717) is 29.0 Å². The number of amides is 1. The molecule has 7 heteroatoms. The lowest BCUT2D eigenvalue weighted by atomic mass is 9.93. The van der Waals surface area contributed by atoms with Gasteiger partial charge in [0.1, 0.15) is 5.82 Å². The molecule has 0 aromatic carbocycles. The van der Waals surface area contributed by atoms with Crippen LogP contribution < -0.4 is 10.6 Å². The number of nitrogens with zero attached hydrogens (tertiary/aromatic N) is 2. The van der Waals surface area contributed by atoms with Crippen LogP contribution in [0.5, 0.6) is 0 Å². The summed E-state index contributed by atoms with van der Waals surface area (Å²) in [6.45, 7) is 6.12. The summed E-state index contributed by atoms with van der Waals surface area (Å²) in [4.78, 5) is 34.8. The van der Waals surface area contributed by atoms with Crippen LogP contribution in [0.25, 0.3) is 20.5 Å². The van der Waals surface area contributed by atoms with Crippen molar-refractivity contribution < 1.29 is 9.59 Å². The van der Waals surface area contributed by atoms with E-state index in [-0.39, 0.29) is 11.9 Å². The van der Waals surface area contributed by atoms with E-state index in [4.69, 9.17) is 4.98 Å². The molecule has 0 saturated carbocycles. The lowest BCUT2D eigenvalue weighted by Crippen LogP contribution is -2.16. The molecular weight excluding hydrogens is 372 g/mol. The molecule has 4 rings (SSSR count). The van der Waals surface area contributed by atoms with Crippen LogP contribution in [0, 0.1) is 5.92 Å². The minimum Gasteiger partial charge on any atom is -0.372 e. The Morgan fingerprint density at radius 1 is 1.36 bits per heavy atom. The van der Waals surface area contributed by atoms with Gasteiger partial charge in [-0.3, -0.25) is 14.6 Å². The number of carbonyl (C=O) groups excluding carboxylic acids is 2. The van der Waals surface area contributed by atoms with Crippen LogP contribution in [0.1, 0.15) is 58.9 Å². The van der Waals surface area contributed by atoms with Gasteiger partial charge >= 0.3 is 0 Å². The third-order valence-corrected chi connectivity index (χ3v) is 6.14. The van der Waals surface area contributed by atoms with E-state index in [9.17, 15) is 9.59 Å². The molecule has 28 heavy (non-hydrogen) atoms. The number of hydrogen-bond donors (Lipinski definition) is 2. The van der Waals surface area contributed by atoms with Crippen LogP contribution >= 0.6 is 11.3 Å². The molecule has 6 nitrogen and oxygen atoms in total. The zero-order chi connectivity index (χ0) is 20.0. The van der Waals surface area contributed by atoms with Crippen LogP contribution in [-0.2, 0) is 6.42 Å². The number of hydrogen-bond acceptors (Lipinski definition) is 6. The summed E-state index contributed by atoms with van der Waals surface area (Å²) in [6.07, 6.45) is 3.28. The van der Waals surface area contributed by atoms with Gasteiger partial charge < -0.3 is 10.6 Å². The van der Waals surface area contributed by atoms with E-state index in [1.807, 2.05) is 26.1 Å². The lowest BCUT2D eigenvalue weighted by molar-refractivity contribution is 0.0959. The van der Waals surface area contributed by atoms with Gasteiger partial charge in [0.05, 0.1) is 27.7 Å². The van der Waals surface area contributed by atoms with Crippen LogP contribution in [0.4, 0.5) is 5.82 Å². The van der Waals surface area contributed by atoms with Crippen molar-refractivity contribution >= 4 is 39.4 Å². The van der Waals surface area contributed by atoms with E-state index in [0.717, 1.165) is 38.5 Å². The van der Waals surface area contributed by atoms with E-state index < -0.39 is 0 Å². The summed E-state index contributed by atoms with van der Waals surface area (Å²) in [5.41, 5.74) is 3.22. The minimum atomic E-state index is -0.173. The number of thiophene rings is 1. The summed E-state index contributed by atoms with van der Waals surface area (Å²) in [6, 6.07) is 3.80. The molecule has 3 aromatic rings. The molecule has 0 radical (unpaired) electrons. The molecule has 0 bridgehead atoms. The highest BCUT2D eigenvalue weighted by Gasteiger charge is 2.34. The molecule has 2 N–H and O–H groups in total. The second-order valence-corrected chi connectivity index (χ2v) is 8.51. The molecule has 144 valence electrons. The van der Waals surface area contributed by atoms with Crippen molar-refractivity contribution in [2.75, 3.05) is 12.4 Å². The predicted molar refractivity (Wildman–Crippen MR) is 112 cm³/mol. The summed E-state index contributed by atoms with van der Waals surface area (Å²) in [7, 11) is 1.83.